The van der Waals surface area contributed by atoms with Gasteiger partial charge in [0.2, 0.25) is 0 Å². The second-order valence-corrected chi connectivity index (χ2v) is 6.03. The van der Waals surface area contributed by atoms with Gasteiger partial charge in [0.25, 0.3) is 0 Å². The maximum Gasteiger partial charge on any atom is 0.188 e. The molecule has 5 heteroatoms. The second kappa shape index (κ2) is 10.5. The lowest BCUT2D eigenvalue weighted by Gasteiger charge is -2.08. The van der Waals surface area contributed by atoms with Gasteiger partial charge in [0.05, 0.1) is 6.54 Å². The van der Waals surface area contributed by atoms with Crippen molar-refractivity contribution < 1.29 is 0 Å². The summed E-state index contributed by atoms with van der Waals surface area (Å²) in [5, 5.41) is 3.17. The number of thioether (sulfide) groups is 1. The molecule has 0 radical (unpaired) electrons. The van der Waals surface area contributed by atoms with Crippen molar-refractivity contribution >= 4 is 41.7 Å². The van der Waals surface area contributed by atoms with Crippen molar-refractivity contribution in [2.45, 2.75) is 24.8 Å². The van der Waals surface area contributed by atoms with Gasteiger partial charge in [0, 0.05) is 11.4 Å². The molecule has 3 nitrogen and oxygen atoms in total. The van der Waals surface area contributed by atoms with Crippen LogP contribution in [0.2, 0.25) is 0 Å². The highest BCUT2D eigenvalue weighted by Gasteiger charge is 2.01. The summed E-state index contributed by atoms with van der Waals surface area (Å²) in [5.41, 5.74) is 9.72. The smallest absolute Gasteiger partial charge is 0.188 e. The van der Waals surface area contributed by atoms with Crippen LogP contribution in [-0.2, 0) is 13.0 Å². The fourth-order valence-corrected chi connectivity index (χ4v) is 2.89. The molecule has 0 saturated carbocycles. The number of hydrogen-bond acceptors (Lipinski definition) is 2. The van der Waals surface area contributed by atoms with Crippen LogP contribution in [0.5, 0.6) is 0 Å². The molecular weight excluding hydrogens is 417 g/mol. The molecule has 23 heavy (non-hydrogen) atoms. The van der Waals surface area contributed by atoms with Crippen molar-refractivity contribution in [2.75, 3.05) is 12.8 Å². The van der Waals surface area contributed by atoms with Crippen molar-refractivity contribution in [1.82, 2.24) is 5.32 Å². The Bertz CT molecular complexity index is 629. The minimum Gasteiger partial charge on any atom is -0.370 e. The predicted octanol–water partition coefficient (Wildman–Crippen LogP) is 3.98. The average molecular weight is 441 g/mol. The van der Waals surface area contributed by atoms with Gasteiger partial charge in [-0.1, -0.05) is 42.5 Å². The number of guanidine groups is 1. The maximum absolute atomic E-state index is 5.94. The van der Waals surface area contributed by atoms with E-state index in [4.69, 9.17) is 5.73 Å². The summed E-state index contributed by atoms with van der Waals surface area (Å²) >= 11 is 1.75. The molecule has 2 aromatic rings. The number of nitrogens with zero attached hydrogens (tertiary/aromatic N) is 1. The average Bonchev–Trinajstić information content (AvgIpc) is 2.54. The van der Waals surface area contributed by atoms with E-state index in [0.29, 0.717) is 12.5 Å². The summed E-state index contributed by atoms with van der Waals surface area (Å²) in [6.07, 6.45) is 3.03. The van der Waals surface area contributed by atoms with Crippen LogP contribution in [0.3, 0.4) is 0 Å². The Hall–Kier alpha value is -1.21. The van der Waals surface area contributed by atoms with E-state index >= 15 is 0 Å². The van der Waals surface area contributed by atoms with Crippen LogP contribution in [0.15, 0.2) is 58.4 Å². The Kier molecular flexibility index (Phi) is 9.09. The third-order valence-corrected chi connectivity index (χ3v) is 4.24. The van der Waals surface area contributed by atoms with E-state index in [1.165, 1.54) is 21.6 Å². The van der Waals surface area contributed by atoms with Gasteiger partial charge < -0.3 is 11.1 Å². The number of nitrogens with one attached hydrogen (secondary N) is 1. The van der Waals surface area contributed by atoms with Crippen LogP contribution in [0.1, 0.15) is 16.7 Å². The quantitative estimate of drug-likeness (QED) is 0.309. The summed E-state index contributed by atoms with van der Waals surface area (Å²) in [7, 11) is 0. The lowest BCUT2D eigenvalue weighted by molar-refractivity contribution is 0.846. The number of halogens is 1. The molecule has 2 rings (SSSR count). The SMILES string of the molecule is CSc1cc(C)ccc1CN=C(N)NCCc1ccccc1.I. The van der Waals surface area contributed by atoms with E-state index in [1.807, 2.05) is 18.2 Å². The Morgan fingerprint density at radius 1 is 1.17 bits per heavy atom. The van der Waals surface area contributed by atoms with Crippen LogP contribution in [0.4, 0.5) is 0 Å². The minimum atomic E-state index is 0. The number of aliphatic imine (C=N–C) groups is 1. The molecule has 0 aliphatic carbocycles. The van der Waals surface area contributed by atoms with E-state index in [1.54, 1.807) is 11.8 Å². The molecule has 0 bridgehead atoms. The molecule has 0 heterocycles. The first kappa shape index (κ1) is 19.8. The van der Waals surface area contributed by atoms with Gasteiger partial charge >= 0.3 is 0 Å². The van der Waals surface area contributed by atoms with Crippen molar-refractivity contribution in [3.05, 3.63) is 65.2 Å². The first-order valence-electron chi connectivity index (χ1n) is 7.40. The van der Waals surface area contributed by atoms with Crippen LogP contribution >= 0.6 is 35.7 Å². The van der Waals surface area contributed by atoms with Crippen molar-refractivity contribution in [2.24, 2.45) is 10.7 Å². The van der Waals surface area contributed by atoms with Gasteiger partial charge in [-0.2, -0.15) is 0 Å². The Morgan fingerprint density at radius 2 is 1.91 bits per heavy atom. The Balaban J connectivity index is 0.00000264. The fraction of sp³-hybridized carbons (Fsp3) is 0.278. The largest absolute Gasteiger partial charge is 0.370 e. The van der Waals surface area contributed by atoms with Crippen molar-refractivity contribution in [1.29, 1.82) is 0 Å². The number of hydrogen-bond donors (Lipinski definition) is 2. The monoisotopic (exact) mass is 441 g/mol. The van der Waals surface area contributed by atoms with E-state index in [2.05, 4.69) is 53.8 Å². The van der Waals surface area contributed by atoms with Gasteiger partial charge in [0.1, 0.15) is 0 Å². The van der Waals surface area contributed by atoms with E-state index < -0.39 is 0 Å². The van der Waals surface area contributed by atoms with Crippen LogP contribution in [0, 0.1) is 6.92 Å². The lowest BCUT2D eigenvalue weighted by atomic mass is 10.1. The molecule has 0 atom stereocenters. The topological polar surface area (TPSA) is 50.4 Å². The molecule has 0 aromatic heterocycles. The first-order chi connectivity index (χ1) is 10.7. The van der Waals surface area contributed by atoms with Gasteiger partial charge in [-0.3, -0.25) is 0 Å². The third-order valence-electron chi connectivity index (χ3n) is 3.42. The van der Waals surface area contributed by atoms with Crippen LogP contribution < -0.4 is 11.1 Å². The molecule has 3 N–H and O–H groups in total. The molecule has 0 aliphatic rings. The highest BCUT2D eigenvalue weighted by atomic mass is 127. The molecule has 0 amide bonds. The third kappa shape index (κ3) is 6.83. The van der Waals surface area contributed by atoms with Crippen LogP contribution in [0.25, 0.3) is 0 Å². The van der Waals surface area contributed by atoms with Gasteiger partial charge in [-0.05, 0) is 42.4 Å². The Morgan fingerprint density at radius 3 is 2.61 bits per heavy atom. The summed E-state index contributed by atoms with van der Waals surface area (Å²) in [4.78, 5) is 5.70. The van der Waals surface area contributed by atoms with E-state index in [-0.39, 0.29) is 24.0 Å². The van der Waals surface area contributed by atoms with E-state index in [9.17, 15) is 0 Å². The maximum atomic E-state index is 5.94. The summed E-state index contributed by atoms with van der Waals surface area (Å²) < 4.78 is 0. The van der Waals surface area contributed by atoms with Crippen LogP contribution in [-0.4, -0.2) is 18.8 Å². The molecule has 2 aromatic carbocycles. The normalized spacial score (nSPS) is 11.0. The zero-order valence-electron chi connectivity index (χ0n) is 13.6. The molecule has 0 saturated heterocycles. The van der Waals surface area contributed by atoms with Crippen molar-refractivity contribution in [3.63, 3.8) is 0 Å². The summed E-state index contributed by atoms with van der Waals surface area (Å²) in [6.45, 7) is 3.51. The molecular formula is C18H24IN3S. The summed E-state index contributed by atoms with van der Waals surface area (Å²) in [6, 6.07) is 16.8. The van der Waals surface area contributed by atoms with E-state index in [0.717, 1.165) is 13.0 Å². The summed E-state index contributed by atoms with van der Waals surface area (Å²) in [5.74, 6) is 0.503. The van der Waals surface area contributed by atoms with Crippen molar-refractivity contribution in [3.8, 4) is 0 Å². The molecule has 0 fully saturated rings. The number of rotatable bonds is 6. The molecule has 0 unspecified atom stereocenters. The van der Waals surface area contributed by atoms with Gasteiger partial charge in [-0.25, -0.2) is 4.99 Å². The molecule has 0 spiro atoms. The highest BCUT2D eigenvalue weighted by Crippen LogP contribution is 2.22. The van der Waals surface area contributed by atoms with Gasteiger partial charge in [0.15, 0.2) is 5.96 Å². The zero-order chi connectivity index (χ0) is 15.8. The lowest BCUT2D eigenvalue weighted by Crippen LogP contribution is -2.33. The second-order valence-electron chi connectivity index (χ2n) is 5.18. The minimum absolute atomic E-state index is 0. The predicted molar refractivity (Wildman–Crippen MR) is 112 cm³/mol. The molecule has 124 valence electrons. The zero-order valence-corrected chi connectivity index (χ0v) is 16.7. The number of nitrogens with two attached hydrogens (primary N) is 1. The Labute approximate surface area is 160 Å². The highest BCUT2D eigenvalue weighted by molar-refractivity contribution is 14.0. The number of benzene rings is 2. The first-order valence-corrected chi connectivity index (χ1v) is 8.63. The van der Waals surface area contributed by atoms with Gasteiger partial charge in [-0.15, -0.1) is 35.7 Å². The standard InChI is InChI=1S/C18H23N3S.HI/c1-14-8-9-16(17(12-14)22-2)13-21-18(19)20-11-10-15-6-4-3-5-7-15;/h3-9,12H,10-11,13H2,1-2H3,(H3,19,20,21);1H. The fourth-order valence-electron chi connectivity index (χ4n) is 2.19. The molecule has 0 aliphatic heterocycles. The number of aryl methyl sites for hydroxylation is 1.